The lowest BCUT2D eigenvalue weighted by atomic mass is 10.0. The molecule has 0 aromatic rings. The lowest BCUT2D eigenvalue weighted by Crippen LogP contribution is -2.51. The number of hydrogen-bond donors (Lipinski definition) is 2. The van der Waals surface area contributed by atoms with Gasteiger partial charge in [-0.1, -0.05) is 0 Å². The van der Waals surface area contributed by atoms with Crippen molar-refractivity contribution in [3.63, 3.8) is 0 Å². The number of carbonyl (C=O) groups is 3. The summed E-state index contributed by atoms with van der Waals surface area (Å²) in [7, 11) is 0. The number of amides is 2. The number of carbonyl (C=O) groups excluding carboxylic acids is 2. The molecule has 2 unspecified atom stereocenters. The number of carboxylic acid groups (broad SMARTS) is 1. The summed E-state index contributed by atoms with van der Waals surface area (Å²) in [5, 5.41) is 11.5. The monoisotopic (exact) mass is 288 g/mol. The number of nitrogens with one attached hydrogen (secondary N) is 1. The van der Waals surface area contributed by atoms with Crippen LogP contribution in [-0.4, -0.2) is 66.9 Å². The van der Waals surface area contributed by atoms with Gasteiger partial charge in [0, 0.05) is 6.54 Å². The molecule has 2 atom stereocenters. The van der Waals surface area contributed by atoms with Gasteiger partial charge in [0.25, 0.3) is 0 Å². The number of esters is 1. The molecule has 2 amide bonds. The minimum atomic E-state index is -0.996. The van der Waals surface area contributed by atoms with E-state index in [1.807, 2.05) is 0 Å². The van der Waals surface area contributed by atoms with E-state index in [0.717, 1.165) is 0 Å². The Morgan fingerprint density at radius 3 is 2.60 bits per heavy atom. The van der Waals surface area contributed by atoms with Gasteiger partial charge >= 0.3 is 18.0 Å². The first-order valence-corrected chi connectivity index (χ1v) is 6.51. The molecular formula is C12H20N2O6. The quantitative estimate of drug-likeness (QED) is 0.649. The Morgan fingerprint density at radius 1 is 1.35 bits per heavy atom. The smallest absolute Gasteiger partial charge is 0.325 e. The van der Waals surface area contributed by atoms with E-state index in [2.05, 4.69) is 5.32 Å². The number of aliphatic carboxylic acids is 1. The first-order valence-electron chi connectivity index (χ1n) is 6.51. The van der Waals surface area contributed by atoms with Crippen molar-refractivity contribution in [2.24, 2.45) is 5.92 Å². The number of hydrogen-bond acceptors (Lipinski definition) is 5. The van der Waals surface area contributed by atoms with E-state index in [0.29, 0.717) is 6.54 Å². The van der Waals surface area contributed by atoms with Crippen LogP contribution >= 0.6 is 0 Å². The maximum atomic E-state index is 12.0. The predicted molar refractivity (Wildman–Crippen MR) is 68.1 cm³/mol. The second-order valence-corrected chi connectivity index (χ2v) is 4.30. The van der Waals surface area contributed by atoms with Crippen LogP contribution in [0.4, 0.5) is 4.79 Å². The molecule has 2 N–H and O–H groups in total. The third kappa shape index (κ3) is 4.09. The van der Waals surface area contributed by atoms with Crippen LogP contribution in [0.2, 0.25) is 0 Å². The van der Waals surface area contributed by atoms with Crippen LogP contribution in [0.3, 0.4) is 0 Å². The fraction of sp³-hybridized carbons (Fsp3) is 0.750. The van der Waals surface area contributed by atoms with Crippen molar-refractivity contribution in [2.75, 3.05) is 32.9 Å². The van der Waals surface area contributed by atoms with Crippen molar-refractivity contribution in [1.82, 2.24) is 10.2 Å². The molecule has 0 aliphatic carbocycles. The summed E-state index contributed by atoms with van der Waals surface area (Å²) >= 11 is 0. The molecule has 8 nitrogen and oxygen atoms in total. The molecule has 1 heterocycles. The summed E-state index contributed by atoms with van der Waals surface area (Å²) < 4.78 is 9.83. The maximum Gasteiger partial charge on any atom is 0.325 e. The van der Waals surface area contributed by atoms with Crippen LogP contribution in [0.1, 0.15) is 13.8 Å². The summed E-state index contributed by atoms with van der Waals surface area (Å²) in [5.41, 5.74) is 0. The number of urea groups is 1. The third-order valence-electron chi connectivity index (χ3n) is 3.06. The molecule has 0 spiro atoms. The van der Waals surface area contributed by atoms with E-state index in [-0.39, 0.29) is 26.4 Å². The van der Waals surface area contributed by atoms with Crippen molar-refractivity contribution in [3.8, 4) is 0 Å². The highest BCUT2D eigenvalue weighted by molar-refractivity contribution is 5.81. The van der Waals surface area contributed by atoms with Crippen LogP contribution in [0.5, 0.6) is 0 Å². The fourth-order valence-corrected chi connectivity index (χ4v) is 2.08. The first kappa shape index (κ1) is 16.2. The third-order valence-corrected chi connectivity index (χ3v) is 3.06. The summed E-state index contributed by atoms with van der Waals surface area (Å²) in [6.45, 7) is 4.00. The van der Waals surface area contributed by atoms with Crippen molar-refractivity contribution < 1.29 is 29.0 Å². The van der Waals surface area contributed by atoms with Crippen LogP contribution < -0.4 is 5.32 Å². The summed E-state index contributed by atoms with van der Waals surface area (Å²) in [4.78, 5) is 35.6. The zero-order chi connectivity index (χ0) is 15.1. The zero-order valence-electron chi connectivity index (χ0n) is 11.6. The zero-order valence-corrected chi connectivity index (χ0v) is 11.6. The number of nitrogens with zero attached hydrogens (tertiary/aromatic N) is 1. The van der Waals surface area contributed by atoms with E-state index in [1.54, 1.807) is 13.8 Å². The molecule has 1 saturated heterocycles. The highest BCUT2D eigenvalue weighted by atomic mass is 16.5. The van der Waals surface area contributed by atoms with E-state index in [1.165, 1.54) is 4.90 Å². The number of carboxylic acids is 1. The Morgan fingerprint density at radius 2 is 2.05 bits per heavy atom. The van der Waals surface area contributed by atoms with Gasteiger partial charge in [-0.15, -0.1) is 0 Å². The molecular weight excluding hydrogens is 268 g/mol. The molecule has 1 fully saturated rings. The minimum absolute atomic E-state index is 0.0850. The normalized spacial score (nSPS) is 21.3. The Bertz CT molecular complexity index is 373. The molecule has 0 radical (unpaired) electrons. The summed E-state index contributed by atoms with van der Waals surface area (Å²) in [5.74, 6) is -2.28. The second-order valence-electron chi connectivity index (χ2n) is 4.30. The molecule has 0 aromatic carbocycles. The predicted octanol–water partition coefficient (Wildman–Crippen LogP) is -0.319. The number of rotatable bonds is 6. The fourth-order valence-electron chi connectivity index (χ4n) is 2.08. The van der Waals surface area contributed by atoms with Crippen LogP contribution in [0, 0.1) is 5.92 Å². The number of likely N-dealkylation sites (N-methyl/N-ethyl adjacent to an activating group) is 1. The average Bonchev–Trinajstić information content (AvgIpc) is 2.87. The van der Waals surface area contributed by atoms with Crippen molar-refractivity contribution in [1.29, 1.82) is 0 Å². The Kier molecular flexibility index (Phi) is 6.23. The lowest BCUT2D eigenvalue weighted by molar-refractivity contribution is -0.143. The van der Waals surface area contributed by atoms with Crippen LogP contribution in [0.25, 0.3) is 0 Å². The Labute approximate surface area is 117 Å². The molecule has 20 heavy (non-hydrogen) atoms. The van der Waals surface area contributed by atoms with Crippen LogP contribution in [-0.2, 0) is 19.1 Å². The summed E-state index contributed by atoms with van der Waals surface area (Å²) in [6.07, 6.45) is 0. The maximum absolute atomic E-state index is 12.0. The minimum Gasteiger partial charge on any atom is -0.481 e. The van der Waals surface area contributed by atoms with Gasteiger partial charge in [-0.3, -0.25) is 9.59 Å². The second kappa shape index (κ2) is 7.68. The van der Waals surface area contributed by atoms with Crippen molar-refractivity contribution >= 4 is 18.0 Å². The average molecular weight is 288 g/mol. The number of ether oxygens (including phenoxy) is 2. The van der Waals surface area contributed by atoms with Gasteiger partial charge < -0.3 is 24.8 Å². The van der Waals surface area contributed by atoms with Crippen LogP contribution in [0.15, 0.2) is 0 Å². The first-order chi connectivity index (χ1) is 9.51. The topological polar surface area (TPSA) is 105 Å². The van der Waals surface area contributed by atoms with Gasteiger partial charge in [-0.2, -0.15) is 0 Å². The Balaban J connectivity index is 2.58. The van der Waals surface area contributed by atoms with Gasteiger partial charge in [0.1, 0.15) is 12.5 Å². The summed E-state index contributed by atoms with van der Waals surface area (Å²) in [6, 6.07) is -1.03. The molecule has 0 saturated carbocycles. The molecule has 8 heteroatoms. The molecule has 1 rings (SSSR count). The standard InChI is InChI=1S/C12H20N2O6/c1-3-14(9-7-19-6-8(9)11(16)17)12(18)13-5-10(15)20-4-2/h8-9H,3-7H2,1-2H3,(H,13,18)(H,16,17). The van der Waals surface area contributed by atoms with Gasteiger partial charge in [0.05, 0.1) is 25.9 Å². The Hall–Kier alpha value is -1.83. The van der Waals surface area contributed by atoms with Gasteiger partial charge in [0.2, 0.25) is 0 Å². The van der Waals surface area contributed by atoms with E-state index in [9.17, 15) is 14.4 Å². The van der Waals surface area contributed by atoms with Gasteiger partial charge in [0.15, 0.2) is 0 Å². The van der Waals surface area contributed by atoms with E-state index in [4.69, 9.17) is 14.6 Å². The molecule has 1 aliphatic heterocycles. The van der Waals surface area contributed by atoms with Crippen molar-refractivity contribution in [2.45, 2.75) is 19.9 Å². The lowest BCUT2D eigenvalue weighted by Gasteiger charge is -2.29. The largest absolute Gasteiger partial charge is 0.481 e. The molecule has 0 bridgehead atoms. The SMILES string of the molecule is CCOC(=O)CNC(=O)N(CC)C1COCC1C(=O)O. The molecule has 1 aliphatic rings. The van der Waals surface area contributed by atoms with Gasteiger partial charge in [-0.05, 0) is 13.8 Å². The van der Waals surface area contributed by atoms with Gasteiger partial charge in [-0.25, -0.2) is 4.79 Å². The highest BCUT2D eigenvalue weighted by Crippen LogP contribution is 2.20. The van der Waals surface area contributed by atoms with E-state index >= 15 is 0 Å². The molecule has 0 aromatic heterocycles. The van der Waals surface area contributed by atoms with E-state index < -0.39 is 29.9 Å². The molecule has 114 valence electrons. The highest BCUT2D eigenvalue weighted by Gasteiger charge is 2.39. The van der Waals surface area contributed by atoms with Crippen molar-refractivity contribution in [3.05, 3.63) is 0 Å².